The van der Waals surface area contributed by atoms with E-state index in [-0.39, 0.29) is 12.3 Å². The average molecular weight is 183 g/mol. The first-order valence-electron chi connectivity index (χ1n) is 3.54. The summed E-state index contributed by atoms with van der Waals surface area (Å²) in [5, 5.41) is 19.2. The van der Waals surface area contributed by atoms with Gasteiger partial charge in [-0.1, -0.05) is 0 Å². The van der Waals surface area contributed by atoms with Crippen molar-refractivity contribution >= 4 is 11.4 Å². The summed E-state index contributed by atoms with van der Waals surface area (Å²) in [5.41, 5.74) is 3.09. The third-order valence-corrected chi connectivity index (χ3v) is 1.63. The maximum atomic E-state index is 10.3. The maximum Gasteiger partial charge on any atom is 0.271 e. The second kappa shape index (κ2) is 3.83. The summed E-state index contributed by atoms with van der Waals surface area (Å²) < 4.78 is 0. The van der Waals surface area contributed by atoms with Crippen LogP contribution in [0.15, 0.2) is 18.2 Å². The molecule has 0 saturated carbocycles. The number of hydrogen-bond acceptors (Lipinski definition) is 5. The minimum Gasteiger partial charge on any atom is -0.392 e. The van der Waals surface area contributed by atoms with E-state index in [1.54, 1.807) is 0 Å². The second-order valence-electron chi connectivity index (χ2n) is 2.40. The highest BCUT2D eigenvalue weighted by atomic mass is 16.6. The number of hydrazine groups is 1. The quantitative estimate of drug-likeness (QED) is 0.357. The molecule has 0 heterocycles. The van der Waals surface area contributed by atoms with E-state index in [1.807, 2.05) is 0 Å². The van der Waals surface area contributed by atoms with Crippen molar-refractivity contribution in [2.45, 2.75) is 6.61 Å². The highest BCUT2D eigenvalue weighted by molar-refractivity contribution is 5.56. The van der Waals surface area contributed by atoms with Crippen LogP contribution in [0.25, 0.3) is 0 Å². The lowest BCUT2D eigenvalue weighted by molar-refractivity contribution is -0.384. The summed E-state index contributed by atoms with van der Waals surface area (Å²) in [6, 6.07) is 4.03. The molecule has 6 heteroatoms. The van der Waals surface area contributed by atoms with E-state index in [2.05, 4.69) is 5.43 Å². The third kappa shape index (κ3) is 1.92. The van der Waals surface area contributed by atoms with Crippen LogP contribution in [-0.4, -0.2) is 10.0 Å². The minimum atomic E-state index is -0.526. The molecule has 0 amide bonds. The first-order chi connectivity index (χ1) is 6.19. The topological polar surface area (TPSA) is 101 Å². The van der Waals surface area contributed by atoms with E-state index in [4.69, 9.17) is 10.9 Å². The zero-order valence-electron chi connectivity index (χ0n) is 6.73. The van der Waals surface area contributed by atoms with Gasteiger partial charge < -0.3 is 10.5 Å². The van der Waals surface area contributed by atoms with Crippen molar-refractivity contribution in [3.05, 3.63) is 33.9 Å². The third-order valence-electron chi connectivity index (χ3n) is 1.63. The summed E-state index contributed by atoms with van der Waals surface area (Å²) in [5.74, 6) is 5.11. The zero-order valence-corrected chi connectivity index (χ0v) is 6.73. The van der Waals surface area contributed by atoms with Gasteiger partial charge in [0.05, 0.1) is 17.2 Å². The van der Waals surface area contributed by atoms with Crippen LogP contribution in [-0.2, 0) is 6.61 Å². The highest BCUT2D eigenvalue weighted by Gasteiger charge is 2.08. The Balaban J connectivity index is 3.13. The molecule has 0 aliphatic carbocycles. The molecule has 0 spiro atoms. The molecule has 13 heavy (non-hydrogen) atoms. The van der Waals surface area contributed by atoms with Crippen LogP contribution < -0.4 is 11.3 Å². The average Bonchev–Trinajstić information content (AvgIpc) is 2.16. The van der Waals surface area contributed by atoms with Crippen LogP contribution in [0.2, 0.25) is 0 Å². The molecule has 0 saturated heterocycles. The molecule has 0 aliphatic heterocycles. The number of anilines is 1. The Hall–Kier alpha value is -1.66. The molecule has 0 bridgehead atoms. The fraction of sp³-hybridized carbons (Fsp3) is 0.143. The predicted molar refractivity (Wildman–Crippen MR) is 46.8 cm³/mol. The molecular formula is C7H9N3O3. The number of nitrogens with zero attached hydrogens (tertiary/aromatic N) is 1. The first kappa shape index (κ1) is 9.43. The first-order valence-corrected chi connectivity index (χ1v) is 3.54. The van der Waals surface area contributed by atoms with Crippen LogP contribution in [0.4, 0.5) is 11.4 Å². The second-order valence-corrected chi connectivity index (χ2v) is 2.40. The molecule has 0 unspecified atom stereocenters. The molecular weight excluding hydrogens is 174 g/mol. The number of hydrogen-bond donors (Lipinski definition) is 3. The SMILES string of the molecule is NNc1cc([N+](=O)[O-])ccc1CO. The van der Waals surface area contributed by atoms with E-state index >= 15 is 0 Å². The van der Waals surface area contributed by atoms with Gasteiger partial charge in [0.15, 0.2) is 0 Å². The molecule has 4 N–H and O–H groups in total. The minimum absolute atomic E-state index is 0.0647. The van der Waals surface area contributed by atoms with Crippen LogP contribution in [0.1, 0.15) is 5.56 Å². The van der Waals surface area contributed by atoms with Gasteiger partial charge in [-0.25, -0.2) is 0 Å². The van der Waals surface area contributed by atoms with Crippen molar-refractivity contribution in [1.29, 1.82) is 0 Å². The lowest BCUT2D eigenvalue weighted by Crippen LogP contribution is -2.09. The molecule has 0 aliphatic rings. The number of rotatable bonds is 3. The standard InChI is InChI=1S/C7H9N3O3/c8-9-7-3-6(10(12)13)2-1-5(7)4-11/h1-3,9,11H,4,8H2. The number of nitrogen functional groups attached to an aromatic ring is 1. The zero-order chi connectivity index (χ0) is 9.84. The summed E-state index contributed by atoms with van der Waals surface area (Å²) >= 11 is 0. The molecule has 0 radical (unpaired) electrons. The highest BCUT2D eigenvalue weighted by Crippen LogP contribution is 2.21. The molecule has 1 aromatic carbocycles. The van der Waals surface area contributed by atoms with Crippen molar-refractivity contribution < 1.29 is 10.0 Å². The Morgan fingerprint density at radius 2 is 2.31 bits per heavy atom. The number of aliphatic hydroxyl groups is 1. The number of aliphatic hydroxyl groups excluding tert-OH is 1. The largest absolute Gasteiger partial charge is 0.392 e. The maximum absolute atomic E-state index is 10.3. The number of nitro benzene ring substituents is 1. The predicted octanol–water partition coefficient (Wildman–Crippen LogP) is 0.373. The van der Waals surface area contributed by atoms with Crippen LogP contribution >= 0.6 is 0 Å². The number of nitrogens with one attached hydrogen (secondary N) is 1. The van der Waals surface area contributed by atoms with Crippen molar-refractivity contribution in [3.63, 3.8) is 0 Å². The summed E-state index contributed by atoms with van der Waals surface area (Å²) in [7, 11) is 0. The van der Waals surface area contributed by atoms with Gasteiger partial charge in [-0.05, 0) is 6.07 Å². The van der Waals surface area contributed by atoms with E-state index < -0.39 is 4.92 Å². The van der Waals surface area contributed by atoms with E-state index in [0.717, 1.165) is 0 Å². The Kier molecular flexibility index (Phi) is 2.78. The van der Waals surface area contributed by atoms with Gasteiger partial charge in [-0.2, -0.15) is 0 Å². The van der Waals surface area contributed by atoms with Crippen molar-refractivity contribution in [3.8, 4) is 0 Å². The molecule has 6 nitrogen and oxygen atoms in total. The summed E-state index contributed by atoms with van der Waals surface area (Å²) in [6.07, 6.45) is 0. The van der Waals surface area contributed by atoms with Gasteiger partial charge in [0.1, 0.15) is 0 Å². The van der Waals surface area contributed by atoms with Gasteiger partial charge in [-0.3, -0.25) is 16.0 Å². The lowest BCUT2D eigenvalue weighted by Gasteiger charge is -2.04. The molecule has 70 valence electrons. The van der Waals surface area contributed by atoms with E-state index in [1.165, 1.54) is 18.2 Å². The number of non-ortho nitro benzene ring substituents is 1. The van der Waals surface area contributed by atoms with E-state index in [9.17, 15) is 10.1 Å². The normalized spacial score (nSPS) is 9.69. The van der Waals surface area contributed by atoms with Gasteiger partial charge in [0, 0.05) is 17.7 Å². The van der Waals surface area contributed by atoms with E-state index in [0.29, 0.717) is 11.3 Å². The van der Waals surface area contributed by atoms with Gasteiger partial charge in [-0.15, -0.1) is 0 Å². The molecule has 0 atom stereocenters. The number of nitrogens with two attached hydrogens (primary N) is 1. The smallest absolute Gasteiger partial charge is 0.271 e. The molecule has 1 aromatic rings. The van der Waals surface area contributed by atoms with Crippen molar-refractivity contribution in [2.24, 2.45) is 5.84 Å². The van der Waals surface area contributed by atoms with Crippen molar-refractivity contribution in [2.75, 3.05) is 5.43 Å². The van der Waals surface area contributed by atoms with Crippen molar-refractivity contribution in [1.82, 2.24) is 0 Å². The fourth-order valence-corrected chi connectivity index (χ4v) is 0.950. The van der Waals surface area contributed by atoms with Gasteiger partial charge >= 0.3 is 0 Å². The Labute approximate surface area is 74.1 Å². The lowest BCUT2D eigenvalue weighted by atomic mass is 10.2. The molecule has 0 fully saturated rings. The molecule has 0 aromatic heterocycles. The Bertz CT molecular complexity index is 327. The van der Waals surface area contributed by atoms with Gasteiger partial charge in [0.2, 0.25) is 0 Å². The number of nitro groups is 1. The summed E-state index contributed by atoms with van der Waals surface area (Å²) in [6.45, 7) is -0.211. The van der Waals surface area contributed by atoms with Crippen LogP contribution in [0, 0.1) is 10.1 Å². The number of benzene rings is 1. The molecule has 1 rings (SSSR count). The monoisotopic (exact) mass is 183 g/mol. The Morgan fingerprint density at radius 1 is 1.62 bits per heavy atom. The van der Waals surface area contributed by atoms with Gasteiger partial charge in [0.25, 0.3) is 5.69 Å². The summed E-state index contributed by atoms with van der Waals surface area (Å²) in [4.78, 5) is 9.82. The van der Waals surface area contributed by atoms with Crippen LogP contribution in [0.3, 0.4) is 0 Å². The Morgan fingerprint density at radius 3 is 2.77 bits per heavy atom. The fourth-order valence-electron chi connectivity index (χ4n) is 0.950. The van der Waals surface area contributed by atoms with Crippen LogP contribution in [0.5, 0.6) is 0 Å².